The van der Waals surface area contributed by atoms with Gasteiger partial charge in [0.2, 0.25) is 0 Å². The fraction of sp³-hybridized carbons (Fsp3) is 0.250. The number of rotatable bonds is 5. The summed E-state index contributed by atoms with van der Waals surface area (Å²) in [6, 6.07) is 14.5. The van der Waals surface area contributed by atoms with E-state index < -0.39 is 4.92 Å². The second-order valence-corrected chi connectivity index (χ2v) is 10.0. The summed E-state index contributed by atoms with van der Waals surface area (Å²) in [7, 11) is 0. The highest BCUT2D eigenvalue weighted by Crippen LogP contribution is 2.35. The molecule has 2 aromatic heterocycles. The second-order valence-electron chi connectivity index (χ2n) is 7.98. The van der Waals surface area contributed by atoms with Gasteiger partial charge in [-0.2, -0.15) is 0 Å². The molecule has 0 bridgehead atoms. The van der Waals surface area contributed by atoms with Crippen LogP contribution in [0.2, 0.25) is 0 Å². The lowest BCUT2D eigenvalue weighted by Gasteiger charge is -2.14. The van der Waals surface area contributed by atoms with Gasteiger partial charge in [0.15, 0.2) is 5.16 Å². The molecule has 4 aromatic rings. The topological polar surface area (TPSA) is 78.0 Å². The molecule has 162 valence electrons. The number of benzene rings is 2. The Balaban J connectivity index is 1.62. The summed E-state index contributed by atoms with van der Waals surface area (Å²) in [5.74, 6) is 0.483. The summed E-state index contributed by atoms with van der Waals surface area (Å²) in [5.41, 5.74) is 3.93. The standard InChI is InChI=1S/C24H21N3O3S2/c1-15-9-11-17(12-10-15)26-23(28)21-19-7-2-3-8-20(19)32-22(21)25-24(26)31-14-16-5-4-6-18(13-16)27(29)30/h4-6,9-13H,2-3,7-8,14H2,1H3. The van der Waals surface area contributed by atoms with Crippen LogP contribution in [0, 0.1) is 17.0 Å². The highest BCUT2D eigenvalue weighted by atomic mass is 32.2. The summed E-state index contributed by atoms with van der Waals surface area (Å²) in [5, 5.41) is 12.5. The second kappa shape index (κ2) is 8.52. The first-order chi connectivity index (χ1) is 15.5. The number of thioether (sulfide) groups is 1. The Labute approximate surface area is 193 Å². The molecule has 1 aliphatic rings. The van der Waals surface area contributed by atoms with Crippen LogP contribution in [0.25, 0.3) is 15.9 Å². The monoisotopic (exact) mass is 463 g/mol. The quantitative estimate of drug-likeness (QED) is 0.161. The SMILES string of the molecule is Cc1ccc(-n2c(SCc3cccc([N+](=O)[O-])c3)nc3sc4c(c3c2=O)CCCC4)cc1. The van der Waals surface area contributed by atoms with Crippen LogP contribution in [0.5, 0.6) is 0 Å². The van der Waals surface area contributed by atoms with Crippen LogP contribution in [0.3, 0.4) is 0 Å². The lowest BCUT2D eigenvalue weighted by Crippen LogP contribution is -2.22. The van der Waals surface area contributed by atoms with Crippen LogP contribution in [-0.4, -0.2) is 14.5 Å². The molecule has 0 unspecified atom stereocenters. The van der Waals surface area contributed by atoms with Gasteiger partial charge >= 0.3 is 0 Å². The highest BCUT2D eigenvalue weighted by Gasteiger charge is 2.23. The van der Waals surface area contributed by atoms with E-state index in [-0.39, 0.29) is 11.2 Å². The van der Waals surface area contributed by atoms with Gasteiger partial charge in [-0.1, -0.05) is 41.6 Å². The molecule has 5 rings (SSSR count). The van der Waals surface area contributed by atoms with Gasteiger partial charge in [-0.05, 0) is 55.9 Å². The maximum absolute atomic E-state index is 13.7. The number of thiophene rings is 1. The average molecular weight is 464 g/mol. The molecule has 0 saturated heterocycles. The van der Waals surface area contributed by atoms with Crippen LogP contribution in [0.15, 0.2) is 58.5 Å². The minimum Gasteiger partial charge on any atom is -0.268 e. The molecular weight excluding hydrogens is 442 g/mol. The zero-order chi connectivity index (χ0) is 22.2. The third kappa shape index (κ3) is 3.84. The lowest BCUT2D eigenvalue weighted by molar-refractivity contribution is -0.384. The van der Waals surface area contributed by atoms with Gasteiger partial charge in [0.05, 0.1) is 16.0 Å². The number of aromatic nitrogens is 2. The number of aryl methyl sites for hydroxylation is 3. The third-order valence-electron chi connectivity index (χ3n) is 5.74. The molecule has 0 saturated carbocycles. The van der Waals surface area contributed by atoms with Crippen molar-refractivity contribution in [1.82, 2.24) is 9.55 Å². The van der Waals surface area contributed by atoms with Crippen molar-refractivity contribution in [2.45, 2.75) is 43.5 Å². The molecule has 0 radical (unpaired) electrons. The third-order valence-corrected chi connectivity index (χ3v) is 7.94. The maximum Gasteiger partial charge on any atom is 0.269 e. The fourth-order valence-corrected chi connectivity index (χ4v) is 6.37. The summed E-state index contributed by atoms with van der Waals surface area (Å²) >= 11 is 3.07. The predicted octanol–water partition coefficient (Wildman–Crippen LogP) is 5.83. The van der Waals surface area contributed by atoms with Crippen molar-refractivity contribution >= 4 is 39.0 Å². The number of hydrogen-bond acceptors (Lipinski definition) is 6. The molecule has 2 aromatic carbocycles. The molecule has 1 aliphatic carbocycles. The molecule has 2 heterocycles. The van der Waals surface area contributed by atoms with Gasteiger partial charge in [0.1, 0.15) is 4.83 Å². The van der Waals surface area contributed by atoms with Crippen LogP contribution < -0.4 is 5.56 Å². The molecular formula is C24H21N3O3S2. The van der Waals surface area contributed by atoms with Crippen molar-refractivity contribution in [2.24, 2.45) is 0 Å². The van der Waals surface area contributed by atoms with Gasteiger partial charge in [0.25, 0.3) is 11.2 Å². The number of nitro benzene ring substituents is 1. The zero-order valence-electron chi connectivity index (χ0n) is 17.5. The number of non-ortho nitro benzene ring substituents is 1. The van der Waals surface area contributed by atoms with E-state index in [0.29, 0.717) is 10.9 Å². The Bertz CT molecular complexity index is 1390. The van der Waals surface area contributed by atoms with Crippen LogP contribution in [-0.2, 0) is 18.6 Å². The minimum absolute atomic E-state index is 0.0280. The molecule has 0 spiro atoms. The van der Waals surface area contributed by atoms with Gasteiger partial charge in [-0.15, -0.1) is 11.3 Å². The first-order valence-corrected chi connectivity index (χ1v) is 12.3. The molecule has 6 nitrogen and oxygen atoms in total. The first-order valence-electron chi connectivity index (χ1n) is 10.5. The Morgan fingerprint density at radius 1 is 1.16 bits per heavy atom. The number of hydrogen-bond donors (Lipinski definition) is 0. The molecule has 0 amide bonds. The van der Waals surface area contributed by atoms with Gasteiger partial charge in [-0.25, -0.2) is 4.98 Å². The van der Waals surface area contributed by atoms with Crippen molar-refractivity contribution in [3.63, 3.8) is 0 Å². The van der Waals surface area contributed by atoms with E-state index in [4.69, 9.17) is 4.98 Å². The Kier molecular flexibility index (Phi) is 5.57. The van der Waals surface area contributed by atoms with Gasteiger partial charge < -0.3 is 0 Å². The Morgan fingerprint density at radius 2 is 1.94 bits per heavy atom. The number of fused-ring (bicyclic) bond motifs is 3. The largest absolute Gasteiger partial charge is 0.269 e. The number of nitro groups is 1. The van der Waals surface area contributed by atoms with E-state index in [9.17, 15) is 14.9 Å². The number of nitrogens with zero attached hydrogens (tertiary/aromatic N) is 3. The van der Waals surface area contributed by atoms with Crippen LogP contribution in [0.1, 0.15) is 34.4 Å². The summed E-state index contributed by atoms with van der Waals surface area (Å²) in [6.45, 7) is 2.02. The van der Waals surface area contributed by atoms with Crippen molar-refractivity contribution in [1.29, 1.82) is 0 Å². The lowest BCUT2D eigenvalue weighted by atomic mass is 9.97. The Morgan fingerprint density at radius 3 is 2.72 bits per heavy atom. The fourth-order valence-electron chi connectivity index (χ4n) is 4.11. The summed E-state index contributed by atoms with van der Waals surface area (Å²) in [4.78, 5) is 31.5. The minimum atomic E-state index is -0.392. The zero-order valence-corrected chi connectivity index (χ0v) is 19.2. The van der Waals surface area contributed by atoms with E-state index in [1.165, 1.54) is 28.3 Å². The molecule has 0 atom stereocenters. The van der Waals surface area contributed by atoms with Gasteiger partial charge in [0, 0.05) is 22.8 Å². The van der Waals surface area contributed by atoms with E-state index in [0.717, 1.165) is 52.7 Å². The van der Waals surface area contributed by atoms with Crippen LogP contribution >= 0.6 is 23.1 Å². The Hall–Kier alpha value is -2.97. The molecule has 32 heavy (non-hydrogen) atoms. The smallest absolute Gasteiger partial charge is 0.268 e. The molecule has 0 N–H and O–H groups in total. The summed E-state index contributed by atoms with van der Waals surface area (Å²) in [6.07, 6.45) is 4.20. The summed E-state index contributed by atoms with van der Waals surface area (Å²) < 4.78 is 1.70. The maximum atomic E-state index is 13.7. The van der Waals surface area contributed by atoms with Crippen molar-refractivity contribution in [2.75, 3.05) is 0 Å². The van der Waals surface area contributed by atoms with E-state index in [1.54, 1.807) is 28.0 Å². The first kappa shape index (κ1) is 20.9. The van der Waals surface area contributed by atoms with Crippen molar-refractivity contribution in [3.8, 4) is 5.69 Å². The molecule has 8 heteroatoms. The molecule has 0 aliphatic heterocycles. The normalized spacial score (nSPS) is 13.3. The molecule has 0 fully saturated rings. The van der Waals surface area contributed by atoms with Crippen LogP contribution in [0.4, 0.5) is 5.69 Å². The van der Waals surface area contributed by atoms with Crippen molar-refractivity contribution in [3.05, 3.63) is 90.6 Å². The predicted molar refractivity (Wildman–Crippen MR) is 129 cm³/mol. The average Bonchev–Trinajstić information content (AvgIpc) is 3.17. The van der Waals surface area contributed by atoms with Crippen molar-refractivity contribution < 1.29 is 4.92 Å². The van der Waals surface area contributed by atoms with E-state index in [2.05, 4.69) is 0 Å². The van der Waals surface area contributed by atoms with E-state index in [1.807, 2.05) is 37.3 Å². The van der Waals surface area contributed by atoms with Gasteiger partial charge in [-0.3, -0.25) is 19.5 Å². The van der Waals surface area contributed by atoms with E-state index >= 15 is 0 Å². The highest BCUT2D eigenvalue weighted by molar-refractivity contribution is 7.98.